The Bertz CT molecular complexity index is 1160. The molecule has 0 aliphatic carbocycles. The summed E-state index contributed by atoms with van der Waals surface area (Å²) in [5, 5.41) is 21.9. The van der Waals surface area contributed by atoms with Crippen molar-refractivity contribution in [2.45, 2.75) is 18.8 Å². The van der Waals surface area contributed by atoms with Gasteiger partial charge < -0.3 is 9.80 Å². The van der Waals surface area contributed by atoms with Gasteiger partial charge in [-0.1, -0.05) is 0 Å². The topological polar surface area (TPSA) is 99.2 Å². The van der Waals surface area contributed by atoms with Crippen molar-refractivity contribution in [3.05, 3.63) is 67.8 Å². The average molecular weight is 591 g/mol. The number of nitro groups is 2. The van der Waals surface area contributed by atoms with E-state index < -0.39 is 44.7 Å². The lowest BCUT2D eigenvalue weighted by Crippen LogP contribution is -2.49. The van der Waals surface area contributed by atoms with Crippen molar-refractivity contribution in [3.8, 4) is 0 Å². The van der Waals surface area contributed by atoms with Crippen molar-refractivity contribution >= 4 is 22.7 Å². The highest BCUT2D eigenvalue weighted by atomic mass is 19.4. The molecule has 0 N–H and O–H groups in total. The van der Waals surface area contributed by atoms with Crippen LogP contribution in [0.5, 0.6) is 0 Å². The summed E-state index contributed by atoms with van der Waals surface area (Å²) >= 11 is 0. The largest absolute Gasteiger partial charge is 0.418 e. The van der Waals surface area contributed by atoms with Crippen LogP contribution in [0.3, 0.4) is 0 Å². The predicted molar refractivity (Wildman–Crippen MR) is 138 cm³/mol. The van der Waals surface area contributed by atoms with Gasteiger partial charge in [-0.2, -0.15) is 26.3 Å². The fraction of sp³-hybridized carbons (Fsp3) is 0.520. The number of hydrogen-bond donors (Lipinski definition) is 0. The van der Waals surface area contributed by atoms with Crippen molar-refractivity contribution in [2.24, 2.45) is 0 Å². The fourth-order valence-electron chi connectivity index (χ4n) is 5.22. The second-order valence-corrected chi connectivity index (χ2v) is 9.92. The maximum Gasteiger partial charge on any atom is 0.418 e. The lowest BCUT2D eigenvalue weighted by atomic mass is 10.1. The van der Waals surface area contributed by atoms with Gasteiger partial charge in [-0.15, -0.1) is 0 Å². The Morgan fingerprint density at radius 1 is 0.610 bits per heavy atom. The summed E-state index contributed by atoms with van der Waals surface area (Å²) in [5.41, 5.74) is -3.46. The third-order valence-corrected chi connectivity index (χ3v) is 7.37. The first kappa shape index (κ1) is 30.3. The van der Waals surface area contributed by atoms with E-state index in [0.717, 1.165) is 30.7 Å². The molecule has 2 aliphatic rings. The van der Waals surface area contributed by atoms with Crippen LogP contribution in [0, 0.1) is 20.2 Å². The molecule has 0 radical (unpaired) electrons. The molecule has 2 aromatic carbocycles. The monoisotopic (exact) mass is 590 g/mol. The van der Waals surface area contributed by atoms with Crippen molar-refractivity contribution in [1.82, 2.24) is 9.80 Å². The van der Waals surface area contributed by atoms with Gasteiger partial charge in [0, 0.05) is 88.0 Å². The molecule has 0 aromatic heterocycles. The molecule has 0 saturated carbocycles. The van der Waals surface area contributed by atoms with Gasteiger partial charge in [-0.25, -0.2) is 0 Å². The second-order valence-electron chi connectivity index (χ2n) is 9.92. The maximum atomic E-state index is 13.6. The number of hydrogen-bond acceptors (Lipinski definition) is 8. The summed E-state index contributed by atoms with van der Waals surface area (Å²) in [6.07, 6.45) is -8.69. The summed E-state index contributed by atoms with van der Waals surface area (Å²) in [5.74, 6) is 0. The Kier molecular flexibility index (Phi) is 8.91. The van der Waals surface area contributed by atoms with Crippen LogP contribution < -0.4 is 9.80 Å². The summed E-state index contributed by atoms with van der Waals surface area (Å²) in [4.78, 5) is 27.6. The van der Waals surface area contributed by atoms with Crippen molar-refractivity contribution in [2.75, 3.05) is 75.2 Å². The maximum absolute atomic E-state index is 13.6. The Labute approximate surface area is 231 Å². The van der Waals surface area contributed by atoms with Crippen LogP contribution in [0.15, 0.2) is 36.4 Å². The number of benzene rings is 2. The first-order chi connectivity index (χ1) is 19.2. The first-order valence-corrected chi connectivity index (χ1v) is 12.9. The summed E-state index contributed by atoms with van der Waals surface area (Å²) in [7, 11) is 0. The summed E-state index contributed by atoms with van der Waals surface area (Å²) in [6.45, 7) is 4.77. The molecular formula is C25H28F6N6O4. The second kappa shape index (κ2) is 12.1. The van der Waals surface area contributed by atoms with Crippen LogP contribution in [-0.2, 0) is 12.4 Å². The zero-order valence-corrected chi connectivity index (χ0v) is 21.8. The van der Waals surface area contributed by atoms with Crippen LogP contribution in [0.4, 0.5) is 49.1 Å². The first-order valence-electron chi connectivity index (χ1n) is 12.9. The molecule has 2 fully saturated rings. The Morgan fingerprint density at radius 3 is 1.24 bits per heavy atom. The van der Waals surface area contributed by atoms with Gasteiger partial charge in [0.2, 0.25) is 0 Å². The van der Waals surface area contributed by atoms with E-state index in [1.54, 1.807) is 9.80 Å². The van der Waals surface area contributed by atoms with Crippen molar-refractivity contribution < 1.29 is 36.2 Å². The molecule has 0 spiro atoms. The van der Waals surface area contributed by atoms with Gasteiger partial charge in [0.1, 0.15) is 0 Å². The number of nitro benzene ring substituents is 2. The minimum Gasteiger partial charge on any atom is -0.368 e. The average Bonchev–Trinajstić information content (AvgIpc) is 2.92. The Balaban J connectivity index is 1.25. The SMILES string of the molecule is O=[N+]([O-])c1ccc(N2CCN(CCCN3CCN(c4ccc([N+](=O)[O-])cc4C(F)(F)F)CC3)CC2)c(C(F)(F)F)c1. The van der Waals surface area contributed by atoms with E-state index in [2.05, 4.69) is 9.80 Å². The van der Waals surface area contributed by atoms with Crippen molar-refractivity contribution in [1.29, 1.82) is 0 Å². The summed E-state index contributed by atoms with van der Waals surface area (Å²) in [6, 6.07) is 5.56. The van der Waals surface area contributed by atoms with Gasteiger partial charge >= 0.3 is 12.4 Å². The zero-order chi connectivity index (χ0) is 29.9. The smallest absolute Gasteiger partial charge is 0.368 e. The van der Waals surface area contributed by atoms with Gasteiger partial charge in [0.15, 0.2) is 0 Å². The van der Waals surface area contributed by atoms with E-state index in [9.17, 15) is 46.6 Å². The molecule has 16 heteroatoms. The van der Waals surface area contributed by atoms with Crippen molar-refractivity contribution in [3.63, 3.8) is 0 Å². The van der Waals surface area contributed by atoms with Crippen LogP contribution in [0.1, 0.15) is 17.5 Å². The molecule has 41 heavy (non-hydrogen) atoms. The van der Waals surface area contributed by atoms with Crippen LogP contribution in [0.25, 0.3) is 0 Å². The quantitative estimate of drug-likeness (QED) is 0.244. The van der Waals surface area contributed by atoms with Gasteiger partial charge in [0.05, 0.1) is 21.0 Å². The predicted octanol–water partition coefficient (Wildman–Crippen LogP) is 4.87. The van der Waals surface area contributed by atoms with E-state index in [-0.39, 0.29) is 11.4 Å². The molecule has 0 atom stereocenters. The third kappa shape index (κ3) is 7.35. The molecule has 0 bridgehead atoms. The molecule has 2 saturated heterocycles. The highest BCUT2D eigenvalue weighted by Gasteiger charge is 2.38. The standard InChI is InChI=1S/C25H28F6N6O4/c26-24(27,28)20-16-18(36(38)39)2-4-22(20)34-12-8-32(9-13-34)6-1-7-33-10-14-35(15-11-33)23-5-3-19(37(40)41)17-21(23)25(29,30)31/h2-5,16-17H,1,6-15H2. The van der Waals surface area contributed by atoms with Crippen LogP contribution >= 0.6 is 0 Å². The Morgan fingerprint density at radius 2 is 0.951 bits per heavy atom. The normalized spacial score (nSPS) is 17.6. The Hall–Kier alpha value is -3.66. The molecule has 0 unspecified atom stereocenters. The molecule has 2 aliphatic heterocycles. The van der Waals surface area contributed by atoms with Gasteiger partial charge in [-0.05, 0) is 31.6 Å². The number of alkyl halides is 6. The van der Waals surface area contributed by atoms with Gasteiger partial charge in [-0.3, -0.25) is 30.0 Å². The molecule has 10 nitrogen and oxygen atoms in total. The lowest BCUT2D eigenvalue weighted by molar-refractivity contribution is -0.385. The number of rotatable bonds is 8. The fourth-order valence-corrected chi connectivity index (χ4v) is 5.22. The molecule has 2 heterocycles. The number of anilines is 2. The molecule has 2 aromatic rings. The zero-order valence-electron chi connectivity index (χ0n) is 21.8. The molecule has 0 amide bonds. The van der Waals surface area contributed by atoms with E-state index in [4.69, 9.17) is 0 Å². The minimum absolute atomic E-state index is 0.0812. The number of halogens is 6. The third-order valence-electron chi connectivity index (χ3n) is 7.37. The lowest BCUT2D eigenvalue weighted by Gasteiger charge is -2.38. The molecular weight excluding hydrogens is 562 g/mol. The number of piperazine rings is 2. The molecule has 4 rings (SSSR count). The number of nitrogens with zero attached hydrogens (tertiary/aromatic N) is 6. The highest BCUT2D eigenvalue weighted by molar-refractivity contribution is 5.60. The van der Waals surface area contributed by atoms with Crippen LogP contribution in [-0.4, -0.2) is 85.1 Å². The van der Waals surface area contributed by atoms with Gasteiger partial charge in [0.25, 0.3) is 11.4 Å². The van der Waals surface area contributed by atoms with E-state index in [1.165, 1.54) is 0 Å². The number of non-ortho nitro benzene ring substituents is 2. The molecule has 224 valence electrons. The summed E-state index contributed by atoms with van der Waals surface area (Å²) < 4.78 is 81.4. The van der Waals surface area contributed by atoms with E-state index in [1.807, 2.05) is 0 Å². The minimum atomic E-state index is -4.73. The van der Waals surface area contributed by atoms with E-state index >= 15 is 0 Å². The van der Waals surface area contributed by atoms with Crippen LogP contribution in [0.2, 0.25) is 0 Å². The van der Waals surface area contributed by atoms with E-state index in [0.29, 0.717) is 77.6 Å². The highest BCUT2D eigenvalue weighted by Crippen LogP contribution is 2.40.